The number of carbonyl (C=O) groups is 3. The number of hydrogen-bond donors (Lipinski definition) is 2. The average Bonchev–Trinajstić information content (AvgIpc) is 2.74. The van der Waals surface area contributed by atoms with Crippen molar-refractivity contribution in [3.8, 4) is 18.4 Å². The second-order valence-corrected chi connectivity index (χ2v) is 9.43. The van der Waals surface area contributed by atoms with Crippen molar-refractivity contribution < 1.29 is 19.1 Å². The number of nitrogens with one attached hydrogen (secondary N) is 2. The average molecular weight is 469 g/mol. The molecule has 0 aliphatic rings. The SMILES string of the molecule is C#Cc1ccccc1C(C(=O)NC(C)C)N(CC#N)C(=O)C(NC(=O)OC(C)(C)C)C(C)CC. The van der Waals surface area contributed by atoms with Crippen LogP contribution in [0.5, 0.6) is 0 Å². The van der Waals surface area contributed by atoms with Gasteiger partial charge in [0.15, 0.2) is 0 Å². The van der Waals surface area contributed by atoms with Crippen LogP contribution in [0.25, 0.3) is 0 Å². The Kier molecular flexibility index (Phi) is 10.6. The van der Waals surface area contributed by atoms with E-state index in [4.69, 9.17) is 11.2 Å². The fourth-order valence-corrected chi connectivity index (χ4v) is 3.35. The minimum absolute atomic E-state index is 0.211. The van der Waals surface area contributed by atoms with Crippen LogP contribution in [0.4, 0.5) is 4.79 Å². The molecule has 0 radical (unpaired) electrons. The molecule has 1 rings (SSSR count). The first-order valence-corrected chi connectivity index (χ1v) is 11.4. The Balaban J connectivity index is 3.55. The molecular formula is C26H36N4O4. The molecule has 0 saturated heterocycles. The van der Waals surface area contributed by atoms with E-state index in [-0.39, 0.29) is 18.5 Å². The van der Waals surface area contributed by atoms with E-state index >= 15 is 0 Å². The van der Waals surface area contributed by atoms with E-state index in [9.17, 15) is 19.6 Å². The lowest BCUT2D eigenvalue weighted by atomic mass is 9.94. The third kappa shape index (κ3) is 8.12. The van der Waals surface area contributed by atoms with Crippen molar-refractivity contribution in [2.45, 2.75) is 78.6 Å². The summed E-state index contributed by atoms with van der Waals surface area (Å²) in [6, 6.07) is 6.38. The van der Waals surface area contributed by atoms with Gasteiger partial charge >= 0.3 is 6.09 Å². The second kappa shape index (κ2) is 12.6. The molecule has 0 bridgehead atoms. The molecule has 0 spiro atoms. The van der Waals surface area contributed by atoms with Gasteiger partial charge in [-0.25, -0.2) is 4.79 Å². The Morgan fingerprint density at radius 2 is 1.76 bits per heavy atom. The number of benzene rings is 1. The van der Waals surface area contributed by atoms with Gasteiger partial charge < -0.3 is 20.3 Å². The van der Waals surface area contributed by atoms with Crippen LogP contribution in [0.2, 0.25) is 0 Å². The highest BCUT2D eigenvalue weighted by Crippen LogP contribution is 2.27. The smallest absolute Gasteiger partial charge is 0.408 e. The van der Waals surface area contributed by atoms with Gasteiger partial charge in [0.25, 0.3) is 0 Å². The highest BCUT2D eigenvalue weighted by Gasteiger charge is 2.38. The first kappa shape index (κ1) is 28.5. The van der Waals surface area contributed by atoms with E-state index in [0.717, 1.165) is 0 Å². The molecule has 1 aromatic rings. The molecule has 184 valence electrons. The fourth-order valence-electron chi connectivity index (χ4n) is 3.35. The van der Waals surface area contributed by atoms with Gasteiger partial charge in [-0.15, -0.1) is 6.42 Å². The van der Waals surface area contributed by atoms with Crippen molar-refractivity contribution in [3.63, 3.8) is 0 Å². The van der Waals surface area contributed by atoms with E-state index in [1.54, 1.807) is 58.9 Å². The van der Waals surface area contributed by atoms with Gasteiger partial charge in [0, 0.05) is 11.6 Å². The molecule has 8 nitrogen and oxygen atoms in total. The van der Waals surface area contributed by atoms with Gasteiger partial charge in [0.1, 0.15) is 24.2 Å². The summed E-state index contributed by atoms with van der Waals surface area (Å²) in [6.45, 7) is 12.1. The molecule has 3 amide bonds. The highest BCUT2D eigenvalue weighted by atomic mass is 16.6. The second-order valence-electron chi connectivity index (χ2n) is 9.43. The zero-order valence-corrected chi connectivity index (χ0v) is 21.1. The first-order valence-electron chi connectivity index (χ1n) is 11.4. The number of alkyl carbamates (subject to hydrolysis) is 1. The molecule has 0 aliphatic carbocycles. The van der Waals surface area contributed by atoms with Crippen LogP contribution in [0, 0.1) is 29.6 Å². The van der Waals surface area contributed by atoms with Crippen molar-refractivity contribution in [1.82, 2.24) is 15.5 Å². The molecule has 3 atom stereocenters. The minimum Gasteiger partial charge on any atom is -0.444 e. The lowest BCUT2D eigenvalue weighted by Crippen LogP contribution is -2.55. The summed E-state index contributed by atoms with van der Waals surface area (Å²) < 4.78 is 5.34. The van der Waals surface area contributed by atoms with Gasteiger partial charge in [0.05, 0.1) is 6.07 Å². The van der Waals surface area contributed by atoms with E-state index in [0.29, 0.717) is 17.5 Å². The Bertz CT molecular complexity index is 953. The molecule has 0 heterocycles. The summed E-state index contributed by atoms with van der Waals surface area (Å²) >= 11 is 0. The van der Waals surface area contributed by atoms with Crippen LogP contribution in [0.3, 0.4) is 0 Å². The number of terminal acetylenes is 1. The minimum atomic E-state index is -1.16. The Morgan fingerprint density at radius 1 is 1.15 bits per heavy atom. The number of rotatable bonds is 9. The van der Waals surface area contributed by atoms with E-state index in [1.165, 1.54) is 4.90 Å². The maximum Gasteiger partial charge on any atom is 0.408 e. The van der Waals surface area contributed by atoms with Gasteiger partial charge in [-0.1, -0.05) is 44.4 Å². The van der Waals surface area contributed by atoms with E-state index in [2.05, 4.69) is 16.6 Å². The molecule has 0 aromatic heterocycles. The maximum absolute atomic E-state index is 13.8. The molecule has 3 unspecified atom stereocenters. The van der Waals surface area contributed by atoms with Crippen molar-refractivity contribution in [3.05, 3.63) is 35.4 Å². The number of carbonyl (C=O) groups excluding carboxylic acids is 3. The summed E-state index contributed by atoms with van der Waals surface area (Å²) in [6.07, 6.45) is 5.48. The molecule has 8 heteroatoms. The Labute approximate surface area is 203 Å². The first-order chi connectivity index (χ1) is 15.9. The van der Waals surface area contributed by atoms with Crippen LogP contribution in [-0.4, -0.2) is 47.0 Å². The van der Waals surface area contributed by atoms with Crippen molar-refractivity contribution >= 4 is 17.9 Å². The highest BCUT2D eigenvalue weighted by molar-refractivity contribution is 5.93. The van der Waals surface area contributed by atoms with Crippen molar-refractivity contribution in [2.75, 3.05) is 6.54 Å². The quantitative estimate of drug-likeness (QED) is 0.425. The standard InChI is InChI=1S/C26H36N4O4/c1-9-18(5)21(29-25(33)34-26(6,7)8)24(32)30(16-15-27)22(23(31)28-17(3)4)20-14-12-11-13-19(20)10-2/h2,11-14,17-18,21-22H,9,16H2,1,3-8H3,(H,28,31)(H,29,33). The summed E-state index contributed by atoms with van der Waals surface area (Å²) in [5, 5.41) is 15.0. The molecule has 34 heavy (non-hydrogen) atoms. The zero-order valence-electron chi connectivity index (χ0n) is 21.1. The number of amides is 3. The molecule has 0 aliphatic heterocycles. The molecular weight excluding hydrogens is 432 g/mol. The summed E-state index contributed by atoms with van der Waals surface area (Å²) in [5.74, 6) is 1.21. The zero-order chi connectivity index (χ0) is 26.1. The number of nitriles is 1. The number of nitrogens with zero attached hydrogens (tertiary/aromatic N) is 2. The summed E-state index contributed by atoms with van der Waals surface area (Å²) in [5.41, 5.74) is 0.0968. The van der Waals surface area contributed by atoms with Gasteiger partial charge in [0.2, 0.25) is 11.8 Å². The number of ether oxygens (including phenoxy) is 1. The van der Waals surface area contributed by atoms with E-state index in [1.807, 2.05) is 19.9 Å². The van der Waals surface area contributed by atoms with Crippen LogP contribution >= 0.6 is 0 Å². The lowest BCUT2D eigenvalue weighted by Gasteiger charge is -2.35. The topological polar surface area (TPSA) is 112 Å². The number of hydrogen-bond acceptors (Lipinski definition) is 5. The Hall–Kier alpha value is -3.52. The molecule has 0 fully saturated rings. The van der Waals surface area contributed by atoms with Crippen molar-refractivity contribution in [2.24, 2.45) is 5.92 Å². The van der Waals surface area contributed by atoms with Crippen LogP contribution in [-0.2, 0) is 14.3 Å². The third-order valence-corrected chi connectivity index (χ3v) is 5.08. The third-order valence-electron chi connectivity index (χ3n) is 5.08. The van der Waals surface area contributed by atoms with E-state index < -0.39 is 35.6 Å². The van der Waals surface area contributed by atoms with Crippen LogP contribution < -0.4 is 10.6 Å². The molecule has 0 saturated carbocycles. The van der Waals surface area contributed by atoms with Gasteiger partial charge in [-0.3, -0.25) is 9.59 Å². The van der Waals surface area contributed by atoms with Gasteiger partial charge in [-0.2, -0.15) is 5.26 Å². The normalized spacial score (nSPS) is 13.6. The predicted octanol–water partition coefficient (Wildman–Crippen LogP) is 3.53. The monoisotopic (exact) mass is 468 g/mol. The lowest BCUT2D eigenvalue weighted by molar-refractivity contribution is -0.142. The molecule has 1 aromatic carbocycles. The van der Waals surface area contributed by atoms with Crippen LogP contribution in [0.15, 0.2) is 24.3 Å². The van der Waals surface area contributed by atoms with Gasteiger partial charge in [-0.05, 0) is 52.2 Å². The Morgan fingerprint density at radius 3 is 2.26 bits per heavy atom. The molecule has 2 N–H and O–H groups in total. The predicted molar refractivity (Wildman–Crippen MR) is 130 cm³/mol. The fraction of sp³-hybridized carbons (Fsp3) is 0.538. The maximum atomic E-state index is 13.8. The summed E-state index contributed by atoms with van der Waals surface area (Å²) in [4.78, 5) is 40.8. The largest absolute Gasteiger partial charge is 0.444 e. The van der Waals surface area contributed by atoms with Crippen molar-refractivity contribution in [1.29, 1.82) is 5.26 Å². The van der Waals surface area contributed by atoms with Crippen LogP contribution in [0.1, 0.15) is 72.1 Å². The summed E-state index contributed by atoms with van der Waals surface area (Å²) in [7, 11) is 0.